The number of benzene rings is 2. The van der Waals surface area contributed by atoms with Crippen LogP contribution in [0.2, 0.25) is 0 Å². The van der Waals surface area contributed by atoms with Gasteiger partial charge in [0, 0.05) is 19.2 Å². The molecule has 0 bridgehead atoms. The van der Waals surface area contributed by atoms with Crippen LogP contribution in [0, 0.1) is 17.0 Å². The van der Waals surface area contributed by atoms with Crippen molar-refractivity contribution in [1.82, 2.24) is 9.80 Å². The van der Waals surface area contributed by atoms with Crippen LogP contribution in [-0.2, 0) is 11.3 Å². The minimum Gasteiger partial charge on any atom is -0.337 e. The van der Waals surface area contributed by atoms with Crippen molar-refractivity contribution in [2.24, 2.45) is 0 Å². The van der Waals surface area contributed by atoms with E-state index in [1.807, 2.05) is 38.1 Å². The zero-order valence-electron chi connectivity index (χ0n) is 16.3. The maximum Gasteiger partial charge on any atom is 0.282 e. The molecule has 3 amide bonds. The first-order valence-corrected chi connectivity index (χ1v) is 9.30. The third-order valence-corrected chi connectivity index (χ3v) is 4.81. The summed E-state index contributed by atoms with van der Waals surface area (Å²) in [6, 6.07) is 11.7. The highest BCUT2D eigenvalue weighted by molar-refractivity contribution is 6.24. The van der Waals surface area contributed by atoms with Crippen molar-refractivity contribution in [3.63, 3.8) is 0 Å². The molecule has 0 N–H and O–H groups in total. The molecule has 0 saturated heterocycles. The molecule has 2 aromatic rings. The number of hydrogen-bond donors (Lipinski definition) is 0. The van der Waals surface area contributed by atoms with Gasteiger partial charge >= 0.3 is 0 Å². The van der Waals surface area contributed by atoms with Gasteiger partial charge in [0.15, 0.2) is 0 Å². The van der Waals surface area contributed by atoms with Gasteiger partial charge in [-0.1, -0.05) is 42.8 Å². The Morgan fingerprint density at radius 3 is 2.41 bits per heavy atom. The summed E-state index contributed by atoms with van der Waals surface area (Å²) >= 11 is 0. The Bertz CT molecular complexity index is 984. The average molecular weight is 395 g/mol. The van der Waals surface area contributed by atoms with Gasteiger partial charge in [0.25, 0.3) is 17.5 Å². The monoisotopic (exact) mass is 395 g/mol. The second kappa shape index (κ2) is 8.22. The van der Waals surface area contributed by atoms with Crippen molar-refractivity contribution < 1.29 is 19.3 Å². The Morgan fingerprint density at radius 1 is 1.10 bits per heavy atom. The maximum atomic E-state index is 12.9. The topological polar surface area (TPSA) is 101 Å². The van der Waals surface area contributed by atoms with Crippen LogP contribution in [-0.4, -0.2) is 45.5 Å². The molecular formula is C21H21N3O5. The van der Waals surface area contributed by atoms with E-state index in [4.69, 9.17) is 0 Å². The average Bonchev–Trinajstić information content (AvgIpc) is 2.94. The summed E-state index contributed by atoms with van der Waals surface area (Å²) in [6.07, 6.45) is 0.713. The molecule has 1 aliphatic heterocycles. The molecule has 0 aliphatic carbocycles. The highest BCUT2D eigenvalue weighted by atomic mass is 16.6. The zero-order chi connectivity index (χ0) is 21.1. The first kappa shape index (κ1) is 20.2. The van der Waals surface area contributed by atoms with Gasteiger partial charge in [-0.05, 0) is 25.0 Å². The van der Waals surface area contributed by atoms with Crippen LogP contribution in [0.3, 0.4) is 0 Å². The zero-order valence-corrected chi connectivity index (χ0v) is 16.3. The normalized spacial score (nSPS) is 12.8. The number of hydrogen-bond acceptors (Lipinski definition) is 5. The summed E-state index contributed by atoms with van der Waals surface area (Å²) in [6.45, 7) is 4.28. The van der Waals surface area contributed by atoms with Crippen LogP contribution in [0.25, 0.3) is 0 Å². The van der Waals surface area contributed by atoms with Crippen LogP contribution in [0.4, 0.5) is 5.69 Å². The van der Waals surface area contributed by atoms with Crippen molar-refractivity contribution in [3.8, 4) is 0 Å². The molecule has 0 fully saturated rings. The van der Waals surface area contributed by atoms with Gasteiger partial charge in [0.2, 0.25) is 5.91 Å². The summed E-state index contributed by atoms with van der Waals surface area (Å²) in [7, 11) is 0. The van der Waals surface area contributed by atoms with E-state index in [9.17, 15) is 24.5 Å². The fourth-order valence-corrected chi connectivity index (χ4v) is 3.32. The molecule has 0 atom stereocenters. The minimum atomic E-state index is -0.808. The number of nitro groups is 1. The van der Waals surface area contributed by atoms with E-state index >= 15 is 0 Å². The Kier molecular flexibility index (Phi) is 5.72. The number of rotatable bonds is 7. The number of nitrogens with zero attached hydrogens (tertiary/aromatic N) is 3. The predicted octanol–water partition coefficient (Wildman–Crippen LogP) is 2.94. The minimum absolute atomic E-state index is 0.0439. The smallest absolute Gasteiger partial charge is 0.282 e. The summed E-state index contributed by atoms with van der Waals surface area (Å²) in [5, 5.41) is 11.2. The van der Waals surface area contributed by atoms with Crippen molar-refractivity contribution in [2.75, 3.05) is 13.1 Å². The molecule has 150 valence electrons. The summed E-state index contributed by atoms with van der Waals surface area (Å²) in [5.74, 6) is -1.88. The van der Waals surface area contributed by atoms with Gasteiger partial charge in [0.1, 0.15) is 12.1 Å². The van der Waals surface area contributed by atoms with E-state index in [2.05, 4.69) is 0 Å². The van der Waals surface area contributed by atoms with Crippen molar-refractivity contribution in [2.45, 2.75) is 26.8 Å². The van der Waals surface area contributed by atoms with Crippen molar-refractivity contribution in [3.05, 3.63) is 74.8 Å². The van der Waals surface area contributed by atoms with Crippen LogP contribution in [0.15, 0.2) is 42.5 Å². The molecule has 0 saturated carbocycles. The lowest BCUT2D eigenvalue weighted by atomic mass is 10.1. The van der Waals surface area contributed by atoms with Gasteiger partial charge in [-0.3, -0.25) is 29.4 Å². The Hall–Kier alpha value is -3.55. The molecule has 8 heteroatoms. The molecule has 0 unspecified atom stereocenters. The van der Waals surface area contributed by atoms with Gasteiger partial charge in [0.05, 0.1) is 10.5 Å². The molecule has 1 aliphatic rings. The fraction of sp³-hybridized carbons (Fsp3) is 0.286. The van der Waals surface area contributed by atoms with Gasteiger partial charge in [-0.2, -0.15) is 0 Å². The van der Waals surface area contributed by atoms with Gasteiger partial charge in [-0.25, -0.2) is 0 Å². The Labute approximate surface area is 167 Å². The number of imide groups is 1. The molecule has 2 aromatic carbocycles. The fourth-order valence-electron chi connectivity index (χ4n) is 3.32. The van der Waals surface area contributed by atoms with E-state index in [1.165, 1.54) is 18.2 Å². The number of amides is 3. The molecule has 0 aromatic heterocycles. The summed E-state index contributed by atoms with van der Waals surface area (Å²) in [4.78, 5) is 51.0. The highest BCUT2D eigenvalue weighted by Crippen LogP contribution is 2.30. The number of nitro benzene ring substituents is 1. The second-order valence-corrected chi connectivity index (χ2v) is 6.95. The largest absolute Gasteiger partial charge is 0.337 e. The van der Waals surface area contributed by atoms with Crippen molar-refractivity contribution in [1.29, 1.82) is 0 Å². The van der Waals surface area contributed by atoms with Crippen LogP contribution in [0.1, 0.15) is 45.2 Å². The quantitative estimate of drug-likeness (QED) is 0.408. The predicted molar refractivity (Wildman–Crippen MR) is 105 cm³/mol. The molecule has 1 heterocycles. The number of fused-ring (bicyclic) bond motifs is 1. The lowest BCUT2D eigenvalue weighted by Crippen LogP contribution is -2.42. The maximum absolute atomic E-state index is 12.9. The van der Waals surface area contributed by atoms with Crippen LogP contribution < -0.4 is 0 Å². The lowest BCUT2D eigenvalue weighted by Gasteiger charge is -2.24. The third kappa shape index (κ3) is 4.01. The molecular weight excluding hydrogens is 374 g/mol. The lowest BCUT2D eigenvalue weighted by molar-refractivity contribution is -0.385. The summed E-state index contributed by atoms with van der Waals surface area (Å²) < 4.78 is 0. The van der Waals surface area contributed by atoms with E-state index in [-0.39, 0.29) is 17.0 Å². The standard InChI is InChI=1S/C21H21N3O5/c1-3-11-22(12-15-9-7-14(2)8-10-15)18(25)13-23-20(26)16-5-4-6-17(24(28)29)19(16)21(23)27/h4-10H,3,11-13H2,1-2H3. The highest BCUT2D eigenvalue weighted by Gasteiger charge is 2.42. The first-order chi connectivity index (χ1) is 13.8. The van der Waals surface area contributed by atoms with E-state index in [1.54, 1.807) is 4.90 Å². The van der Waals surface area contributed by atoms with Crippen LogP contribution in [0.5, 0.6) is 0 Å². The second-order valence-electron chi connectivity index (χ2n) is 6.95. The van der Waals surface area contributed by atoms with E-state index in [0.717, 1.165) is 16.0 Å². The number of carbonyl (C=O) groups is 3. The van der Waals surface area contributed by atoms with Crippen molar-refractivity contribution >= 4 is 23.4 Å². The van der Waals surface area contributed by atoms with E-state index in [0.29, 0.717) is 19.5 Å². The first-order valence-electron chi connectivity index (χ1n) is 9.30. The van der Waals surface area contributed by atoms with Crippen LogP contribution >= 0.6 is 0 Å². The number of aryl methyl sites for hydroxylation is 1. The third-order valence-electron chi connectivity index (χ3n) is 4.81. The molecule has 3 rings (SSSR count). The summed E-state index contributed by atoms with van der Waals surface area (Å²) in [5.41, 5.74) is 1.32. The molecule has 29 heavy (non-hydrogen) atoms. The molecule has 0 spiro atoms. The van der Waals surface area contributed by atoms with Gasteiger partial charge in [-0.15, -0.1) is 0 Å². The van der Waals surface area contributed by atoms with E-state index < -0.39 is 29.0 Å². The Balaban J connectivity index is 1.80. The van der Waals surface area contributed by atoms with Gasteiger partial charge < -0.3 is 4.90 Å². The number of carbonyl (C=O) groups excluding carboxylic acids is 3. The molecule has 8 nitrogen and oxygen atoms in total. The SMILES string of the molecule is CCCN(Cc1ccc(C)cc1)C(=O)CN1C(=O)c2cccc([N+](=O)[O-])c2C1=O. The Morgan fingerprint density at radius 2 is 1.79 bits per heavy atom. The molecule has 0 radical (unpaired) electrons.